The van der Waals surface area contributed by atoms with Crippen LogP contribution < -0.4 is 11.5 Å². The fourth-order valence-corrected chi connectivity index (χ4v) is 4.22. The van der Waals surface area contributed by atoms with Gasteiger partial charge in [-0.3, -0.25) is 9.78 Å². The monoisotopic (exact) mass is 328 g/mol. The molecule has 1 aromatic heterocycles. The Kier molecular flexibility index (Phi) is 4.55. The molecule has 21 heavy (non-hydrogen) atoms. The molecule has 0 spiro atoms. The number of piperidine rings is 1. The smallest absolute Gasteiger partial charge is 0.245 e. The molecule has 0 aliphatic carbocycles. The zero-order valence-corrected chi connectivity index (χ0v) is 12.9. The standard InChI is InChI=1S/C12H16N4O3S2/c13-11(17)8-3-2-6-16(7-8)21(18,19)9-4-1-5-15-10(9)12(14)20/h1,4-5,8H,2-3,6-7H2,(H2,13,17)(H2,14,20). The van der Waals surface area contributed by atoms with E-state index in [-0.39, 0.29) is 22.1 Å². The van der Waals surface area contributed by atoms with E-state index >= 15 is 0 Å². The Morgan fingerprint density at radius 3 is 2.76 bits per heavy atom. The van der Waals surface area contributed by atoms with Gasteiger partial charge in [-0.1, -0.05) is 12.2 Å². The highest BCUT2D eigenvalue weighted by molar-refractivity contribution is 7.89. The summed E-state index contributed by atoms with van der Waals surface area (Å²) >= 11 is 4.84. The van der Waals surface area contributed by atoms with Crippen LogP contribution in [0.3, 0.4) is 0 Å². The second-order valence-corrected chi connectivity index (χ2v) is 7.17. The molecule has 1 fully saturated rings. The number of sulfonamides is 1. The van der Waals surface area contributed by atoms with Crippen LogP contribution in [0.1, 0.15) is 18.5 Å². The normalized spacial score (nSPS) is 20.1. The highest BCUT2D eigenvalue weighted by atomic mass is 32.2. The molecule has 4 N–H and O–H groups in total. The molecule has 0 radical (unpaired) electrons. The van der Waals surface area contributed by atoms with Crippen molar-refractivity contribution in [1.82, 2.24) is 9.29 Å². The Morgan fingerprint density at radius 2 is 2.14 bits per heavy atom. The molecule has 1 aliphatic heterocycles. The number of pyridine rings is 1. The molecular formula is C12H16N4O3S2. The van der Waals surface area contributed by atoms with Gasteiger partial charge in [0.05, 0.1) is 5.92 Å². The summed E-state index contributed by atoms with van der Waals surface area (Å²) in [5.74, 6) is -0.964. The number of aromatic nitrogens is 1. The van der Waals surface area contributed by atoms with Gasteiger partial charge in [0.1, 0.15) is 15.6 Å². The molecule has 1 unspecified atom stereocenters. The van der Waals surface area contributed by atoms with Crippen LogP contribution in [0.2, 0.25) is 0 Å². The molecular weight excluding hydrogens is 312 g/mol. The van der Waals surface area contributed by atoms with Gasteiger partial charge in [0.25, 0.3) is 0 Å². The fraction of sp³-hybridized carbons (Fsp3) is 0.417. The summed E-state index contributed by atoms with van der Waals surface area (Å²) in [5, 5.41) is 0. The van der Waals surface area contributed by atoms with Crippen molar-refractivity contribution in [3.63, 3.8) is 0 Å². The third-order valence-electron chi connectivity index (χ3n) is 3.41. The van der Waals surface area contributed by atoms with Crippen LogP contribution in [0.25, 0.3) is 0 Å². The number of hydrogen-bond donors (Lipinski definition) is 2. The zero-order valence-electron chi connectivity index (χ0n) is 11.2. The predicted octanol–water partition coefficient (Wildman–Crippen LogP) is -0.398. The largest absolute Gasteiger partial charge is 0.388 e. The molecule has 9 heteroatoms. The number of amides is 1. The van der Waals surface area contributed by atoms with Crippen molar-refractivity contribution >= 4 is 33.1 Å². The lowest BCUT2D eigenvalue weighted by Crippen LogP contribution is -2.44. The van der Waals surface area contributed by atoms with Gasteiger partial charge in [-0.2, -0.15) is 4.31 Å². The summed E-state index contributed by atoms with van der Waals surface area (Å²) < 4.78 is 26.6. The summed E-state index contributed by atoms with van der Waals surface area (Å²) in [6.07, 6.45) is 2.60. The van der Waals surface area contributed by atoms with Crippen molar-refractivity contribution in [3.05, 3.63) is 24.0 Å². The molecule has 2 heterocycles. The number of carbonyl (C=O) groups excluding carboxylic acids is 1. The van der Waals surface area contributed by atoms with E-state index < -0.39 is 21.8 Å². The zero-order chi connectivity index (χ0) is 15.6. The highest BCUT2D eigenvalue weighted by Gasteiger charge is 2.34. The molecule has 1 aromatic rings. The molecule has 2 rings (SSSR count). The molecule has 0 aromatic carbocycles. The number of primary amides is 1. The first-order valence-corrected chi connectivity index (χ1v) is 8.23. The van der Waals surface area contributed by atoms with E-state index in [4.69, 9.17) is 23.7 Å². The summed E-state index contributed by atoms with van der Waals surface area (Å²) in [6.45, 7) is 0.404. The molecule has 1 saturated heterocycles. The summed E-state index contributed by atoms with van der Waals surface area (Å²) in [7, 11) is -3.81. The Hall–Kier alpha value is -1.58. The molecule has 0 bridgehead atoms. The Balaban J connectivity index is 2.38. The first kappa shape index (κ1) is 15.8. The molecule has 1 amide bonds. The average molecular weight is 328 g/mol. The van der Waals surface area contributed by atoms with Crippen LogP contribution in [0.5, 0.6) is 0 Å². The van der Waals surface area contributed by atoms with E-state index in [1.54, 1.807) is 0 Å². The summed E-state index contributed by atoms with van der Waals surface area (Å²) in [5.41, 5.74) is 10.9. The summed E-state index contributed by atoms with van der Waals surface area (Å²) in [6, 6.07) is 2.91. The summed E-state index contributed by atoms with van der Waals surface area (Å²) in [4.78, 5) is 15.1. The van der Waals surface area contributed by atoms with Gasteiger partial charge in [-0.25, -0.2) is 8.42 Å². The molecule has 0 saturated carbocycles. The van der Waals surface area contributed by atoms with Crippen molar-refractivity contribution in [2.75, 3.05) is 13.1 Å². The van der Waals surface area contributed by atoms with E-state index in [1.807, 2.05) is 0 Å². The van der Waals surface area contributed by atoms with Crippen LogP contribution in [-0.2, 0) is 14.8 Å². The van der Waals surface area contributed by atoms with Crippen LogP contribution in [0.15, 0.2) is 23.2 Å². The second-order valence-electron chi connectivity index (χ2n) is 4.82. The lowest BCUT2D eigenvalue weighted by Gasteiger charge is -2.30. The van der Waals surface area contributed by atoms with Gasteiger partial charge < -0.3 is 11.5 Å². The minimum atomic E-state index is -3.81. The van der Waals surface area contributed by atoms with Crippen LogP contribution in [-0.4, -0.2) is 41.7 Å². The molecule has 114 valence electrons. The van der Waals surface area contributed by atoms with E-state index in [0.29, 0.717) is 19.4 Å². The third kappa shape index (κ3) is 3.20. The highest BCUT2D eigenvalue weighted by Crippen LogP contribution is 2.25. The number of rotatable bonds is 4. The van der Waals surface area contributed by atoms with Gasteiger partial charge >= 0.3 is 0 Å². The predicted molar refractivity (Wildman–Crippen MR) is 80.8 cm³/mol. The minimum Gasteiger partial charge on any atom is -0.388 e. The van der Waals surface area contributed by atoms with Crippen LogP contribution in [0.4, 0.5) is 0 Å². The number of carbonyl (C=O) groups is 1. The van der Waals surface area contributed by atoms with Crippen molar-refractivity contribution < 1.29 is 13.2 Å². The molecule has 1 aliphatic rings. The number of thiocarbonyl (C=S) groups is 1. The Labute approximate surface area is 128 Å². The van der Waals surface area contributed by atoms with Crippen molar-refractivity contribution in [3.8, 4) is 0 Å². The van der Waals surface area contributed by atoms with E-state index in [9.17, 15) is 13.2 Å². The van der Waals surface area contributed by atoms with Gasteiger partial charge in [0, 0.05) is 19.3 Å². The minimum absolute atomic E-state index is 0.0392. The number of nitrogens with zero attached hydrogens (tertiary/aromatic N) is 2. The average Bonchev–Trinajstić information content (AvgIpc) is 2.47. The fourth-order valence-electron chi connectivity index (χ4n) is 2.32. The third-order valence-corrected chi connectivity index (χ3v) is 5.50. The molecule has 7 nitrogen and oxygen atoms in total. The second kappa shape index (κ2) is 6.04. The van der Waals surface area contributed by atoms with E-state index in [1.165, 1.54) is 22.6 Å². The van der Waals surface area contributed by atoms with Crippen molar-refractivity contribution in [2.45, 2.75) is 17.7 Å². The van der Waals surface area contributed by atoms with Crippen LogP contribution >= 0.6 is 12.2 Å². The van der Waals surface area contributed by atoms with Gasteiger partial charge in [0.2, 0.25) is 15.9 Å². The van der Waals surface area contributed by atoms with E-state index in [2.05, 4.69) is 4.98 Å². The van der Waals surface area contributed by atoms with Gasteiger partial charge in [-0.15, -0.1) is 0 Å². The number of nitrogens with two attached hydrogens (primary N) is 2. The van der Waals surface area contributed by atoms with Crippen molar-refractivity contribution in [1.29, 1.82) is 0 Å². The van der Waals surface area contributed by atoms with Crippen molar-refractivity contribution in [2.24, 2.45) is 17.4 Å². The quantitative estimate of drug-likeness (QED) is 0.726. The Morgan fingerprint density at radius 1 is 1.43 bits per heavy atom. The van der Waals surface area contributed by atoms with E-state index in [0.717, 1.165) is 0 Å². The maximum absolute atomic E-state index is 12.7. The lowest BCUT2D eigenvalue weighted by atomic mass is 9.99. The Bertz CT molecular complexity index is 675. The first-order chi connectivity index (χ1) is 9.84. The topological polar surface area (TPSA) is 119 Å². The van der Waals surface area contributed by atoms with Gasteiger partial charge in [-0.05, 0) is 25.0 Å². The number of hydrogen-bond acceptors (Lipinski definition) is 5. The SMILES string of the molecule is NC(=O)C1CCCN(S(=O)(=O)c2cccnc2C(N)=S)C1. The maximum atomic E-state index is 12.7. The first-order valence-electron chi connectivity index (χ1n) is 6.38. The molecule has 1 atom stereocenters. The van der Waals surface area contributed by atoms with Gasteiger partial charge in [0.15, 0.2) is 0 Å². The maximum Gasteiger partial charge on any atom is 0.245 e. The lowest BCUT2D eigenvalue weighted by molar-refractivity contribution is -0.122. The van der Waals surface area contributed by atoms with Crippen LogP contribution in [0, 0.1) is 5.92 Å².